The highest BCUT2D eigenvalue weighted by molar-refractivity contribution is 6.63. The fraction of sp³-hybridized carbons (Fsp3) is 0.500. The van der Waals surface area contributed by atoms with Gasteiger partial charge in [-0.15, -0.1) is 0 Å². The Morgan fingerprint density at radius 2 is 1.79 bits per heavy atom. The van der Waals surface area contributed by atoms with Gasteiger partial charge in [-0.2, -0.15) is 0 Å². The predicted octanol–water partition coefficient (Wildman–Crippen LogP) is 2.33. The number of fused-ring (bicyclic) bond motifs is 1. The van der Waals surface area contributed by atoms with Crippen LogP contribution in [0.5, 0.6) is 5.75 Å². The monoisotopic (exact) mass is 329 g/mol. The van der Waals surface area contributed by atoms with Crippen molar-refractivity contribution < 1.29 is 14.0 Å². The van der Waals surface area contributed by atoms with Crippen LogP contribution in [-0.4, -0.2) is 30.0 Å². The van der Waals surface area contributed by atoms with Crippen molar-refractivity contribution in [1.82, 2.24) is 4.57 Å². The lowest BCUT2D eigenvalue weighted by Crippen LogP contribution is -2.41. The smallest absolute Gasteiger partial charge is 0.497 e. The summed E-state index contributed by atoms with van der Waals surface area (Å²) in [6.07, 6.45) is 1.80. The molecule has 0 unspecified atom stereocenters. The molecule has 0 amide bonds. The lowest BCUT2D eigenvalue weighted by molar-refractivity contribution is 0.00578. The van der Waals surface area contributed by atoms with Crippen LogP contribution < -0.4 is 15.8 Å². The number of benzene rings is 1. The van der Waals surface area contributed by atoms with E-state index in [-0.39, 0.29) is 5.56 Å². The first kappa shape index (κ1) is 17.1. The number of aryl methyl sites for hydroxylation is 1. The lowest BCUT2D eigenvalue weighted by Gasteiger charge is -2.32. The third-order valence-electron chi connectivity index (χ3n) is 5.18. The Hall–Kier alpha value is -1.79. The van der Waals surface area contributed by atoms with Crippen LogP contribution in [0.1, 0.15) is 34.6 Å². The molecule has 0 aliphatic carbocycles. The van der Waals surface area contributed by atoms with Crippen molar-refractivity contribution in [1.29, 1.82) is 0 Å². The maximum absolute atomic E-state index is 12.6. The molecule has 1 aliphatic heterocycles. The maximum atomic E-state index is 12.6. The van der Waals surface area contributed by atoms with E-state index in [0.717, 1.165) is 10.8 Å². The van der Waals surface area contributed by atoms with Crippen LogP contribution in [0.4, 0.5) is 0 Å². The fourth-order valence-electron chi connectivity index (χ4n) is 2.91. The second-order valence-electron chi connectivity index (χ2n) is 7.18. The van der Waals surface area contributed by atoms with Crippen molar-refractivity contribution in [2.24, 2.45) is 0 Å². The zero-order valence-corrected chi connectivity index (χ0v) is 15.2. The van der Waals surface area contributed by atoms with E-state index in [0.29, 0.717) is 17.7 Å². The quantitative estimate of drug-likeness (QED) is 0.811. The molecular formula is C18H24BNO4. The summed E-state index contributed by atoms with van der Waals surface area (Å²) in [6.45, 7) is 10.6. The highest BCUT2D eigenvalue weighted by atomic mass is 16.7. The summed E-state index contributed by atoms with van der Waals surface area (Å²) in [5.74, 6) is 0.662. The van der Waals surface area contributed by atoms with Gasteiger partial charge in [0.1, 0.15) is 5.75 Å². The number of aromatic nitrogens is 1. The molecule has 1 aromatic heterocycles. The summed E-state index contributed by atoms with van der Waals surface area (Å²) < 4.78 is 19.5. The van der Waals surface area contributed by atoms with E-state index in [2.05, 4.69) is 0 Å². The van der Waals surface area contributed by atoms with E-state index in [9.17, 15) is 4.79 Å². The first-order chi connectivity index (χ1) is 11.2. The van der Waals surface area contributed by atoms with Gasteiger partial charge in [0.15, 0.2) is 0 Å². The minimum absolute atomic E-state index is 0.0181. The van der Waals surface area contributed by atoms with Gasteiger partial charge in [0, 0.05) is 23.6 Å². The maximum Gasteiger partial charge on any atom is 0.498 e. The molecule has 6 heteroatoms. The van der Waals surface area contributed by atoms with E-state index in [1.54, 1.807) is 17.9 Å². The van der Waals surface area contributed by atoms with Crippen molar-refractivity contribution >= 4 is 23.4 Å². The van der Waals surface area contributed by atoms with Crippen molar-refractivity contribution in [2.45, 2.75) is 52.4 Å². The SMILES string of the molecule is CCn1ccc2cc(OC)c(B3OC(C)(C)C(C)(C)O3)cc2c1=O. The van der Waals surface area contributed by atoms with Crippen molar-refractivity contribution in [2.75, 3.05) is 7.11 Å². The van der Waals surface area contributed by atoms with Crippen LogP contribution in [0.15, 0.2) is 29.2 Å². The van der Waals surface area contributed by atoms with E-state index < -0.39 is 18.3 Å². The van der Waals surface area contributed by atoms with Gasteiger partial charge in [0.2, 0.25) is 0 Å². The Bertz CT molecular complexity index is 825. The number of nitrogens with zero attached hydrogens (tertiary/aromatic N) is 1. The summed E-state index contributed by atoms with van der Waals surface area (Å²) in [5.41, 5.74) is -0.166. The lowest BCUT2D eigenvalue weighted by atomic mass is 9.77. The number of hydrogen-bond acceptors (Lipinski definition) is 4. The van der Waals surface area contributed by atoms with E-state index in [1.807, 2.05) is 52.8 Å². The Morgan fingerprint density at radius 3 is 2.33 bits per heavy atom. The molecule has 128 valence electrons. The Morgan fingerprint density at radius 1 is 1.17 bits per heavy atom. The van der Waals surface area contributed by atoms with Gasteiger partial charge in [-0.1, -0.05) is 0 Å². The number of pyridine rings is 1. The summed E-state index contributed by atoms with van der Waals surface area (Å²) in [4.78, 5) is 12.6. The summed E-state index contributed by atoms with van der Waals surface area (Å²) >= 11 is 0. The molecule has 0 saturated carbocycles. The highest BCUT2D eigenvalue weighted by Crippen LogP contribution is 2.37. The average Bonchev–Trinajstić information content (AvgIpc) is 2.74. The molecular weight excluding hydrogens is 305 g/mol. The zero-order valence-electron chi connectivity index (χ0n) is 15.2. The number of rotatable bonds is 3. The fourth-order valence-corrected chi connectivity index (χ4v) is 2.91. The molecule has 0 spiro atoms. The second-order valence-corrected chi connectivity index (χ2v) is 7.18. The van der Waals surface area contributed by atoms with Gasteiger partial charge in [0.25, 0.3) is 5.56 Å². The normalized spacial score (nSPS) is 19.0. The molecule has 1 aromatic carbocycles. The highest BCUT2D eigenvalue weighted by Gasteiger charge is 2.52. The minimum Gasteiger partial charge on any atom is -0.497 e. The third-order valence-corrected chi connectivity index (χ3v) is 5.18. The van der Waals surface area contributed by atoms with Crippen LogP contribution in [0, 0.1) is 0 Å². The van der Waals surface area contributed by atoms with Gasteiger partial charge in [0.05, 0.1) is 18.3 Å². The standard InChI is InChI=1S/C18H24BNO4/c1-7-20-9-8-12-10-15(22-6)14(11-13(12)16(20)21)19-23-17(2,3)18(4,5)24-19/h8-11H,7H2,1-6H3. The first-order valence-electron chi connectivity index (χ1n) is 8.27. The van der Waals surface area contributed by atoms with Gasteiger partial charge < -0.3 is 18.6 Å². The molecule has 2 heterocycles. The van der Waals surface area contributed by atoms with Crippen LogP contribution in [-0.2, 0) is 15.9 Å². The molecule has 24 heavy (non-hydrogen) atoms. The van der Waals surface area contributed by atoms with Gasteiger partial charge in [-0.05, 0) is 58.2 Å². The molecule has 0 N–H and O–H groups in total. The van der Waals surface area contributed by atoms with Gasteiger partial charge >= 0.3 is 7.12 Å². The van der Waals surface area contributed by atoms with E-state index in [4.69, 9.17) is 14.0 Å². The summed E-state index contributed by atoms with van der Waals surface area (Å²) in [5, 5.41) is 1.49. The van der Waals surface area contributed by atoms with Crippen LogP contribution in [0.2, 0.25) is 0 Å². The topological polar surface area (TPSA) is 49.7 Å². The molecule has 5 nitrogen and oxygen atoms in total. The molecule has 1 fully saturated rings. The zero-order chi connectivity index (χ0) is 17.7. The third kappa shape index (κ3) is 2.54. The Balaban J connectivity index is 2.17. The molecule has 1 aliphatic rings. The number of hydrogen-bond donors (Lipinski definition) is 0. The largest absolute Gasteiger partial charge is 0.498 e. The van der Waals surface area contributed by atoms with E-state index >= 15 is 0 Å². The summed E-state index contributed by atoms with van der Waals surface area (Å²) in [6, 6.07) is 5.64. The average molecular weight is 329 g/mol. The van der Waals surface area contributed by atoms with Crippen molar-refractivity contribution in [3.63, 3.8) is 0 Å². The van der Waals surface area contributed by atoms with Gasteiger partial charge in [-0.3, -0.25) is 4.79 Å². The molecule has 3 rings (SSSR count). The van der Waals surface area contributed by atoms with Crippen LogP contribution >= 0.6 is 0 Å². The Kier molecular flexibility index (Phi) is 4.01. The van der Waals surface area contributed by atoms with Crippen LogP contribution in [0.3, 0.4) is 0 Å². The van der Waals surface area contributed by atoms with E-state index in [1.165, 1.54) is 0 Å². The molecule has 2 aromatic rings. The minimum atomic E-state index is -0.566. The molecule has 0 bridgehead atoms. The molecule has 0 atom stereocenters. The molecule has 1 saturated heterocycles. The summed E-state index contributed by atoms with van der Waals surface area (Å²) in [7, 11) is 1.05. The number of ether oxygens (including phenoxy) is 1. The van der Waals surface area contributed by atoms with Gasteiger partial charge in [-0.25, -0.2) is 0 Å². The van der Waals surface area contributed by atoms with Crippen molar-refractivity contribution in [3.8, 4) is 5.75 Å². The molecule has 0 radical (unpaired) electrons. The first-order valence-corrected chi connectivity index (χ1v) is 8.27. The van der Waals surface area contributed by atoms with Crippen molar-refractivity contribution in [3.05, 3.63) is 34.7 Å². The Labute approximate surface area is 142 Å². The second kappa shape index (κ2) is 5.64. The number of methoxy groups -OCH3 is 1. The van der Waals surface area contributed by atoms with Crippen LogP contribution in [0.25, 0.3) is 10.8 Å². The predicted molar refractivity (Wildman–Crippen MR) is 96.2 cm³/mol.